The molecule has 0 radical (unpaired) electrons. The number of aldehydes is 1. The molecule has 1 atom stereocenters. The number of methoxy groups -OCH3 is 1. The van der Waals surface area contributed by atoms with Crippen molar-refractivity contribution in [2.45, 2.75) is 17.9 Å². The summed E-state index contributed by atoms with van der Waals surface area (Å²) in [7, 11) is 3.42. The number of benzene rings is 2. The van der Waals surface area contributed by atoms with Gasteiger partial charge in [-0.1, -0.05) is 6.07 Å². The van der Waals surface area contributed by atoms with E-state index in [1.165, 1.54) is 19.2 Å². The summed E-state index contributed by atoms with van der Waals surface area (Å²) in [6, 6.07) is 10.8. The third-order valence-electron chi connectivity index (χ3n) is 5.21. The molecule has 2 N–H and O–H groups in total. The third-order valence-corrected chi connectivity index (χ3v) is 6.08. The summed E-state index contributed by atoms with van der Waals surface area (Å²) >= 11 is 0.975. The Kier molecular flexibility index (Phi) is 6.97. The van der Waals surface area contributed by atoms with Crippen LogP contribution in [-0.2, 0) is 0 Å². The van der Waals surface area contributed by atoms with Crippen LogP contribution >= 0.6 is 11.9 Å². The smallest absolute Gasteiger partial charge is 0.237 e. The largest absolute Gasteiger partial charge is 0.480 e. The lowest BCUT2D eigenvalue weighted by molar-refractivity contribution is 0.112. The van der Waals surface area contributed by atoms with Gasteiger partial charge in [-0.15, -0.1) is 0 Å². The van der Waals surface area contributed by atoms with Crippen molar-refractivity contribution < 1.29 is 18.3 Å². The van der Waals surface area contributed by atoms with Crippen molar-refractivity contribution in [2.75, 3.05) is 30.7 Å². The van der Waals surface area contributed by atoms with Crippen LogP contribution in [0.5, 0.6) is 5.88 Å². The van der Waals surface area contributed by atoms with Crippen molar-refractivity contribution in [2.24, 2.45) is 4.99 Å². The van der Waals surface area contributed by atoms with Crippen molar-refractivity contribution in [3.05, 3.63) is 65.9 Å². The van der Waals surface area contributed by atoms with Gasteiger partial charge < -0.3 is 19.7 Å². The lowest BCUT2D eigenvalue weighted by atomic mass is 10.0. The van der Waals surface area contributed by atoms with E-state index in [2.05, 4.69) is 20.0 Å². The van der Waals surface area contributed by atoms with E-state index in [4.69, 9.17) is 4.74 Å². The number of likely N-dealkylation sites (N-methyl/N-ethyl adjacent to an activating group) is 1. The first kappa shape index (κ1) is 23.5. The molecule has 0 fully saturated rings. The topological polar surface area (TPSA) is 78.8 Å². The van der Waals surface area contributed by atoms with Crippen LogP contribution in [-0.4, -0.2) is 48.9 Å². The highest BCUT2D eigenvalue weighted by Gasteiger charge is 2.19. The molecule has 0 bridgehead atoms. The van der Waals surface area contributed by atoms with Gasteiger partial charge in [0.05, 0.1) is 23.7 Å². The molecule has 7 nitrogen and oxygen atoms in total. The maximum atomic E-state index is 14.0. The van der Waals surface area contributed by atoms with E-state index in [0.717, 1.165) is 42.0 Å². The summed E-state index contributed by atoms with van der Waals surface area (Å²) in [6.07, 6.45) is 2.41. The molecule has 2 aromatic carbocycles. The number of anilines is 2. The van der Waals surface area contributed by atoms with Crippen LogP contribution in [0.4, 0.5) is 20.2 Å². The standard InChI is InChI=1S/C24H23F2N5O2S/c1-14-12-31(2)24(28-14)29-20-6-4-15(8-17(20)13-32)16-9-21(23(33-3)27-11-16)30-34-22-7-5-18(25)10-19(22)26/h4-11,13-14,30H,12H2,1-3H3,(H,28,29). The van der Waals surface area contributed by atoms with E-state index in [0.29, 0.717) is 28.8 Å². The molecular formula is C24H23F2N5O2S. The third kappa shape index (κ3) is 5.12. The number of ether oxygens (including phenoxy) is 1. The lowest BCUT2D eigenvalue weighted by Gasteiger charge is -2.17. The lowest BCUT2D eigenvalue weighted by Crippen LogP contribution is -2.30. The number of aromatic nitrogens is 1. The second kappa shape index (κ2) is 10.1. The quantitative estimate of drug-likeness (QED) is 0.359. The maximum absolute atomic E-state index is 14.0. The normalized spacial score (nSPS) is 15.1. The minimum atomic E-state index is -0.675. The van der Waals surface area contributed by atoms with Gasteiger partial charge in [0.25, 0.3) is 0 Å². The first-order valence-corrected chi connectivity index (χ1v) is 11.3. The number of guanidine groups is 1. The number of nitrogens with zero attached hydrogens (tertiary/aromatic N) is 3. The average molecular weight is 484 g/mol. The summed E-state index contributed by atoms with van der Waals surface area (Å²) in [5.41, 5.74) is 3.11. The number of rotatable bonds is 7. The Morgan fingerprint density at radius 1 is 1.15 bits per heavy atom. The summed E-state index contributed by atoms with van der Waals surface area (Å²) in [5.74, 6) is -0.297. The Morgan fingerprint density at radius 2 is 1.97 bits per heavy atom. The van der Waals surface area contributed by atoms with Crippen molar-refractivity contribution in [1.82, 2.24) is 9.88 Å². The molecule has 1 aromatic heterocycles. The van der Waals surface area contributed by atoms with Crippen molar-refractivity contribution in [1.29, 1.82) is 0 Å². The molecule has 176 valence electrons. The zero-order chi connectivity index (χ0) is 24.2. The van der Waals surface area contributed by atoms with E-state index in [-0.39, 0.29) is 10.9 Å². The fourth-order valence-electron chi connectivity index (χ4n) is 3.55. The predicted molar refractivity (Wildman–Crippen MR) is 131 cm³/mol. The molecule has 1 unspecified atom stereocenters. The number of carbonyl (C=O) groups excluding carboxylic acids is 1. The van der Waals surface area contributed by atoms with E-state index in [1.807, 2.05) is 31.0 Å². The zero-order valence-electron chi connectivity index (χ0n) is 18.8. The number of hydrogen-bond donors (Lipinski definition) is 2. The first-order chi connectivity index (χ1) is 16.4. The molecule has 0 amide bonds. The van der Waals surface area contributed by atoms with Gasteiger partial charge in [-0.05, 0) is 54.8 Å². The average Bonchev–Trinajstić information content (AvgIpc) is 3.14. The Labute approximate surface area is 200 Å². The van der Waals surface area contributed by atoms with Gasteiger partial charge in [0.2, 0.25) is 5.88 Å². The van der Waals surface area contributed by atoms with Crippen LogP contribution < -0.4 is 14.8 Å². The molecule has 2 heterocycles. The number of nitrogens with one attached hydrogen (secondary N) is 2. The van der Waals surface area contributed by atoms with Crippen molar-refractivity contribution >= 4 is 35.6 Å². The second-order valence-electron chi connectivity index (χ2n) is 7.79. The highest BCUT2D eigenvalue weighted by molar-refractivity contribution is 8.00. The van der Waals surface area contributed by atoms with Gasteiger partial charge in [0.1, 0.15) is 17.3 Å². The minimum absolute atomic E-state index is 0.184. The Bertz CT molecular complexity index is 1250. The molecule has 3 aromatic rings. The molecule has 10 heteroatoms. The number of pyridine rings is 1. The molecule has 0 saturated carbocycles. The van der Waals surface area contributed by atoms with Crippen LogP contribution in [0.25, 0.3) is 11.1 Å². The highest BCUT2D eigenvalue weighted by Crippen LogP contribution is 2.33. The molecule has 4 rings (SSSR count). The Balaban J connectivity index is 1.58. The van der Waals surface area contributed by atoms with Gasteiger partial charge in [-0.2, -0.15) is 0 Å². The number of aliphatic imine (C=N–C) groups is 1. The molecule has 1 aliphatic heterocycles. The number of carbonyl (C=O) groups is 1. The fourth-order valence-corrected chi connectivity index (χ4v) is 4.21. The summed E-state index contributed by atoms with van der Waals surface area (Å²) in [6.45, 7) is 2.84. The molecule has 1 aliphatic rings. The van der Waals surface area contributed by atoms with Crippen molar-refractivity contribution in [3.8, 4) is 17.0 Å². The zero-order valence-corrected chi connectivity index (χ0v) is 19.6. The molecule has 34 heavy (non-hydrogen) atoms. The second-order valence-corrected chi connectivity index (χ2v) is 8.63. The molecular weight excluding hydrogens is 460 g/mol. The minimum Gasteiger partial charge on any atom is -0.480 e. The van der Waals surface area contributed by atoms with Gasteiger partial charge >= 0.3 is 0 Å². The van der Waals surface area contributed by atoms with Crippen molar-refractivity contribution in [3.63, 3.8) is 0 Å². The van der Waals surface area contributed by atoms with E-state index < -0.39 is 11.6 Å². The first-order valence-electron chi connectivity index (χ1n) is 10.5. The van der Waals surface area contributed by atoms with Crippen LogP contribution in [0.2, 0.25) is 0 Å². The van der Waals surface area contributed by atoms with Crippen LogP contribution in [0.15, 0.2) is 58.5 Å². The summed E-state index contributed by atoms with van der Waals surface area (Å²) in [4.78, 5) is 22.9. The van der Waals surface area contributed by atoms with Crippen LogP contribution in [0.3, 0.4) is 0 Å². The van der Waals surface area contributed by atoms with E-state index in [1.54, 1.807) is 18.3 Å². The van der Waals surface area contributed by atoms with Gasteiger partial charge in [0, 0.05) is 37.0 Å². The van der Waals surface area contributed by atoms with E-state index >= 15 is 0 Å². The van der Waals surface area contributed by atoms with Gasteiger partial charge in [0.15, 0.2) is 12.2 Å². The Morgan fingerprint density at radius 3 is 2.65 bits per heavy atom. The predicted octanol–water partition coefficient (Wildman–Crippen LogP) is 5.07. The SMILES string of the molecule is COc1ncc(-c2ccc(NC3=NC(C)CN3C)c(C=O)c2)cc1NSc1ccc(F)cc1F. The van der Waals surface area contributed by atoms with Gasteiger partial charge in [-0.25, -0.2) is 18.8 Å². The number of hydrogen-bond acceptors (Lipinski definition) is 8. The fraction of sp³-hybridized carbons (Fsp3) is 0.208. The summed E-state index contributed by atoms with van der Waals surface area (Å²) < 4.78 is 35.5. The number of halogens is 2. The van der Waals surface area contributed by atoms with Crippen LogP contribution in [0.1, 0.15) is 17.3 Å². The molecule has 0 aliphatic carbocycles. The maximum Gasteiger partial charge on any atom is 0.237 e. The van der Waals surface area contributed by atoms with Crippen LogP contribution in [0, 0.1) is 11.6 Å². The molecule has 0 spiro atoms. The summed E-state index contributed by atoms with van der Waals surface area (Å²) in [5, 5.41) is 3.23. The Hall–Kier alpha value is -3.66. The van der Waals surface area contributed by atoms with E-state index in [9.17, 15) is 13.6 Å². The van der Waals surface area contributed by atoms with Gasteiger partial charge in [-0.3, -0.25) is 4.79 Å². The highest BCUT2D eigenvalue weighted by atomic mass is 32.2. The molecule has 0 saturated heterocycles. The monoisotopic (exact) mass is 483 g/mol.